The van der Waals surface area contributed by atoms with Crippen LogP contribution in [-0.2, 0) is 0 Å². The Morgan fingerprint density at radius 2 is 1.96 bits per heavy atom. The molecule has 1 N–H and O–H groups in total. The molecule has 0 unspecified atom stereocenters. The van der Waals surface area contributed by atoms with Gasteiger partial charge in [0.2, 0.25) is 0 Å². The van der Waals surface area contributed by atoms with Crippen molar-refractivity contribution in [3.8, 4) is 11.3 Å². The fraction of sp³-hybridized carbons (Fsp3) is 0.0625. The largest absolute Gasteiger partial charge is 0.332 e. The first kappa shape index (κ1) is 17.1. The van der Waals surface area contributed by atoms with Gasteiger partial charge in [0.25, 0.3) is 5.69 Å². The van der Waals surface area contributed by atoms with Gasteiger partial charge in [0.1, 0.15) is 0 Å². The molecule has 0 radical (unpaired) electrons. The van der Waals surface area contributed by atoms with E-state index in [2.05, 4.69) is 10.3 Å². The molecule has 0 aliphatic heterocycles. The number of rotatable bonds is 4. The van der Waals surface area contributed by atoms with E-state index in [1.165, 1.54) is 29.0 Å². The van der Waals surface area contributed by atoms with Crippen LogP contribution in [0.3, 0.4) is 0 Å². The molecule has 5 nitrogen and oxygen atoms in total. The molecule has 2 aromatic carbocycles. The molecule has 118 valence electrons. The second-order valence-electron chi connectivity index (χ2n) is 4.84. The highest BCUT2D eigenvalue weighted by Gasteiger charge is 2.10. The van der Waals surface area contributed by atoms with E-state index in [9.17, 15) is 10.1 Å². The first-order valence-corrected chi connectivity index (χ1v) is 7.54. The van der Waals surface area contributed by atoms with E-state index in [-0.39, 0.29) is 22.7 Å². The minimum atomic E-state index is -0.401. The lowest BCUT2D eigenvalue weighted by atomic mass is 10.1. The molecule has 0 atom stereocenters. The van der Waals surface area contributed by atoms with E-state index < -0.39 is 4.92 Å². The van der Waals surface area contributed by atoms with Crippen molar-refractivity contribution in [2.75, 3.05) is 5.32 Å². The summed E-state index contributed by atoms with van der Waals surface area (Å²) < 4.78 is 0. The maximum Gasteiger partial charge on any atom is 0.270 e. The van der Waals surface area contributed by atoms with Gasteiger partial charge in [-0.05, 0) is 24.6 Å². The van der Waals surface area contributed by atoms with Crippen molar-refractivity contribution in [1.29, 1.82) is 0 Å². The van der Waals surface area contributed by atoms with Crippen molar-refractivity contribution in [3.05, 3.63) is 69.6 Å². The quantitative estimate of drug-likeness (QED) is 0.480. The number of hydrogen-bond acceptors (Lipinski definition) is 5. The van der Waals surface area contributed by atoms with Crippen LogP contribution in [0, 0.1) is 17.0 Å². The SMILES string of the molecule is Br.Cc1cccc(Nc2nc(-c3cccc([N+](=O)[O-])c3)cs2)c1. The molecular formula is C16H14BrN3O2S. The number of benzene rings is 2. The van der Waals surface area contributed by atoms with Gasteiger partial charge in [-0.1, -0.05) is 24.3 Å². The van der Waals surface area contributed by atoms with E-state index in [4.69, 9.17) is 0 Å². The minimum absolute atomic E-state index is 0. The summed E-state index contributed by atoms with van der Waals surface area (Å²) in [7, 11) is 0. The zero-order valence-electron chi connectivity index (χ0n) is 12.2. The van der Waals surface area contributed by atoms with Gasteiger partial charge in [-0.2, -0.15) is 0 Å². The van der Waals surface area contributed by atoms with Crippen LogP contribution in [0.4, 0.5) is 16.5 Å². The van der Waals surface area contributed by atoms with Crippen LogP contribution in [0.25, 0.3) is 11.3 Å². The predicted octanol–water partition coefficient (Wildman–Crippen LogP) is 5.35. The molecular weight excluding hydrogens is 378 g/mol. The van der Waals surface area contributed by atoms with Gasteiger partial charge in [-0.25, -0.2) is 4.98 Å². The number of thiazole rings is 1. The number of nitrogens with zero attached hydrogens (tertiary/aromatic N) is 2. The van der Waals surface area contributed by atoms with Crippen molar-refractivity contribution in [2.45, 2.75) is 6.92 Å². The molecule has 3 aromatic rings. The summed E-state index contributed by atoms with van der Waals surface area (Å²) >= 11 is 1.47. The average molecular weight is 392 g/mol. The molecule has 0 fully saturated rings. The van der Waals surface area contributed by atoms with Gasteiger partial charge < -0.3 is 5.32 Å². The van der Waals surface area contributed by atoms with Crippen molar-refractivity contribution in [2.24, 2.45) is 0 Å². The number of nitrogens with one attached hydrogen (secondary N) is 1. The van der Waals surface area contributed by atoms with E-state index in [1.807, 2.05) is 42.6 Å². The Hall–Kier alpha value is -2.25. The topological polar surface area (TPSA) is 68.1 Å². The van der Waals surface area contributed by atoms with Gasteiger partial charge in [0.15, 0.2) is 5.13 Å². The van der Waals surface area contributed by atoms with Crippen LogP contribution in [0.15, 0.2) is 53.9 Å². The normalized spacial score (nSPS) is 9.96. The Labute approximate surface area is 147 Å². The Balaban J connectivity index is 0.00000192. The van der Waals surface area contributed by atoms with Gasteiger partial charge in [0.05, 0.1) is 10.6 Å². The molecule has 0 aliphatic rings. The van der Waals surface area contributed by atoms with E-state index in [0.29, 0.717) is 0 Å². The smallest absolute Gasteiger partial charge is 0.270 e. The molecule has 0 bridgehead atoms. The average Bonchev–Trinajstić information content (AvgIpc) is 2.96. The Kier molecular flexibility index (Phi) is 5.46. The number of aromatic nitrogens is 1. The minimum Gasteiger partial charge on any atom is -0.332 e. The highest BCUT2D eigenvalue weighted by molar-refractivity contribution is 8.93. The maximum absolute atomic E-state index is 10.8. The zero-order chi connectivity index (χ0) is 15.5. The van der Waals surface area contributed by atoms with Crippen LogP contribution in [0.2, 0.25) is 0 Å². The van der Waals surface area contributed by atoms with Gasteiger partial charge >= 0.3 is 0 Å². The second-order valence-corrected chi connectivity index (χ2v) is 5.70. The molecule has 3 rings (SSSR count). The second kappa shape index (κ2) is 7.34. The van der Waals surface area contributed by atoms with Crippen molar-refractivity contribution < 1.29 is 4.92 Å². The molecule has 0 aliphatic carbocycles. The summed E-state index contributed by atoms with van der Waals surface area (Å²) in [5.74, 6) is 0. The van der Waals surface area contributed by atoms with Gasteiger partial charge in [-0.3, -0.25) is 10.1 Å². The first-order valence-electron chi connectivity index (χ1n) is 6.66. The van der Waals surface area contributed by atoms with Gasteiger partial charge in [-0.15, -0.1) is 28.3 Å². The first-order chi connectivity index (χ1) is 10.6. The lowest BCUT2D eigenvalue weighted by Gasteiger charge is -2.03. The molecule has 0 amide bonds. The van der Waals surface area contributed by atoms with E-state index in [0.717, 1.165) is 22.1 Å². The lowest BCUT2D eigenvalue weighted by molar-refractivity contribution is -0.384. The highest BCUT2D eigenvalue weighted by Crippen LogP contribution is 2.29. The monoisotopic (exact) mass is 391 g/mol. The summed E-state index contributed by atoms with van der Waals surface area (Å²) in [5, 5.41) is 16.7. The number of aryl methyl sites for hydroxylation is 1. The van der Waals surface area contributed by atoms with Crippen molar-refractivity contribution in [3.63, 3.8) is 0 Å². The fourth-order valence-corrected chi connectivity index (χ4v) is 2.83. The summed E-state index contributed by atoms with van der Waals surface area (Å²) in [6.07, 6.45) is 0. The Bertz CT molecular complexity index is 835. The Morgan fingerprint density at radius 1 is 1.17 bits per heavy atom. The summed E-state index contributed by atoms with van der Waals surface area (Å²) in [4.78, 5) is 14.9. The fourth-order valence-electron chi connectivity index (χ4n) is 2.09. The third-order valence-electron chi connectivity index (χ3n) is 3.13. The van der Waals surface area contributed by atoms with Crippen molar-refractivity contribution >= 4 is 44.8 Å². The third kappa shape index (κ3) is 4.14. The third-order valence-corrected chi connectivity index (χ3v) is 3.88. The number of anilines is 2. The van der Waals surface area contributed by atoms with Crippen LogP contribution in [0.1, 0.15) is 5.56 Å². The number of nitro benzene ring substituents is 1. The summed E-state index contributed by atoms with van der Waals surface area (Å²) in [5.41, 5.74) is 3.67. The molecule has 23 heavy (non-hydrogen) atoms. The summed E-state index contributed by atoms with van der Waals surface area (Å²) in [6, 6.07) is 14.5. The Morgan fingerprint density at radius 3 is 2.70 bits per heavy atom. The zero-order valence-corrected chi connectivity index (χ0v) is 14.8. The number of halogens is 1. The van der Waals surface area contributed by atoms with Crippen LogP contribution < -0.4 is 5.32 Å². The number of non-ortho nitro benzene ring substituents is 1. The standard InChI is InChI=1S/C16H13N3O2S.BrH/c1-11-4-2-6-13(8-11)17-16-18-15(10-22-16)12-5-3-7-14(9-12)19(20)21;/h2-10H,1H3,(H,17,18);1H. The number of hydrogen-bond donors (Lipinski definition) is 1. The van der Waals surface area contributed by atoms with E-state index >= 15 is 0 Å². The lowest BCUT2D eigenvalue weighted by Crippen LogP contribution is -1.90. The molecule has 1 aromatic heterocycles. The molecule has 0 saturated carbocycles. The predicted molar refractivity (Wildman–Crippen MR) is 99.0 cm³/mol. The van der Waals surface area contributed by atoms with Gasteiger partial charge in [0, 0.05) is 28.8 Å². The van der Waals surface area contributed by atoms with Crippen LogP contribution >= 0.6 is 28.3 Å². The molecule has 0 saturated heterocycles. The highest BCUT2D eigenvalue weighted by atomic mass is 79.9. The van der Waals surface area contributed by atoms with E-state index in [1.54, 1.807) is 6.07 Å². The molecule has 1 heterocycles. The maximum atomic E-state index is 10.8. The van der Waals surface area contributed by atoms with Crippen LogP contribution in [0.5, 0.6) is 0 Å². The summed E-state index contributed by atoms with van der Waals surface area (Å²) in [6.45, 7) is 2.03. The van der Waals surface area contributed by atoms with Crippen LogP contribution in [-0.4, -0.2) is 9.91 Å². The molecule has 7 heteroatoms. The van der Waals surface area contributed by atoms with Crippen molar-refractivity contribution in [1.82, 2.24) is 4.98 Å². The number of nitro groups is 1. The molecule has 0 spiro atoms.